The Morgan fingerprint density at radius 2 is 1.71 bits per heavy atom. The van der Waals surface area contributed by atoms with Gasteiger partial charge in [0, 0.05) is 10.5 Å². The summed E-state index contributed by atoms with van der Waals surface area (Å²) in [5.41, 5.74) is 2.06. The lowest BCUT2D eigenvalue weighted by Gasteiger charge is -2.18. The lowest BCUT2D eigenvalue weighted by atomic mass is 9.87. The molecule has 0 aliphatic rings. The summed E-state index contributed by atoms with van der Waals surface area (Å²) >= 11 is 0. The van der Waals surface area contributed by atoms with Crippen molar-refractivity contribution in [2.45, 2.75) is 32.7 Å². The van der Waals surface area contributed by atoms with Gasteiger partial charge in [-0.2, -0.15) is 0 Å². The maximum absolute atomic E-state index is 10.3. The Balaban J connectivity index is 2.84. The molecular formula is C11H15NO2. The molecule has 0 atom stereocenters. The van der Waals surface area contributed by atoms with Crippen LogP contribution in [0.3, 0.4) is 0 Å². The zero-order chi connectivity index (χ0) is 10.8. The van der Waals surface area contributed by atoms with Crippen LogP contribution in [0.15, 0.2) is 24.3 Å². The standard InChI is InChI=1S/C11H15NO2/c1-11(2,3)10-6-4-9(5-7-10)8-12(13)14/h4-7H,8H2,1-3H3. The minimum absolute atomic E-state index is 0.0928. The average molecular weight is 193 g/mol. The maximum Gasteiger partial charge on any atom is 0.228 e. The third-order valence-electron chi connectivity index (χ3n) is 2.13. The molecule has 0 bridgehead atoms. The van der Waals surface area contributed by atoms with Gasteiger partial charge in [0.2, 0.25) is 6.54 Å². The zero-order valence-electron chi connectivity index (χ0n) is 8.78. The molecule has 76 valence electrons. The molecule has 0 radical (unpaired) electrons. The maximum atomic E-state index is 10.3. The molecule has 0 heterocycles. The highest BCUT2D eigenvalue weighted by molar-refractivity contribution is 5.27. The molecule has 0 saturated carbocycles. The highest BCUT2D eigenvalue weighted by atomic mass is 16.6. The first-order chi connectivity index (χ1) is 6.39. The lowest BCUT2D eigenvalue weighted by Crippen LogP contribution is -2.11. The Kier molecular flexibility index (Phi) is 2.89. The van der Waals surface area contributed by atoms with Crippen LogP contribution in [0.25, 0.3) is 0 Å². The van der Waals surface area contributed by atoms with E-state index >= 15 is 0 Å². The minimum atomic E-state index is -0.313. The zero-order valence-corrected chi connectivity index (χ0v) is 8.78. The molecule has 1 rings (SSSR count). The highest BCUT2D eigenvalue weighted by Gasteiger charge is 2.13. The molecule has 0 amide bonds. The van der Waals surface area contributed by atoms with Crippen LogP contribution in [0.4, 0.5) is 0 Å². The molecule has 0 N–H and O–H groups in total. The molecule has 0 aliphatic heterocycles. The minimum Gasteiger partial charge on any atom is -0.264 e. The normalized spacial score (nSPS) is 11.4. The van der Waals surface area contributed by atoms with Crippen molar-refractivity contribution < 1.29 is 4.92 Å². The van der Waals surface area contributed by atoms with E-state index in [2.05, 4.69) is 20.8 Å². The summed E-state index contributed by atoms with van der Waals surface area (Å²) in [6.45, 7) is 6.27. The number of benzene rings is 1. The van der Waals surface area contributed by atoms with E-state index < -0.39 is 0 Å². The van der Waals surface area contributed by atoms with Crippen molar-refractivity contribution in [3.63, 3.8) is 0 Å². The number of nitrogens with zero attached hydrogens (tertiary/aromatic N) is 1. The van der Waals surface area contributed by atoms with Gasteiger partial charge in [-0.3, -0.25) is 10.1 Å². The summed E-state index contributed by atoms with van der Waals surface area (Å²) in [4.78, 5) is 9.94. The van der Waals surface area contributed by atoms with Crippen LogP contribution in [-0.2, 0) is 12.0 Å². The molecule has 0 aromatic heterocycles. The molecule has 3 nitrogen and oxygen atoms in total. The third-order valence-corrected chi connectivity index (χ3v) is 2.13. The molecule has 1 aromatic carbocycles. The Morgan fingerprint density at radius 3 is 2.07 bits per heavy atom. The van der Waals surface area contributed by atoms with E-state index in [-0.39, 0.29) is 16.9 Å². The summed E-state index contributed by atoms with van der Waals surface area (Å²) in [6.07, 6.45) is 0. The van der Waals surface area contributed by atoms with E-state index in [1.165, 1.54) is 5.56 Å². The van der Waals surface area contributed by atoms with Crippen LogP contribution in [0.1, 0.15) is 31.9 Å². The molecule has 14 heavy (non-hydrogen) atoms. The van der Waals surface area contributed by atoms with Crippen molar-refractivity contribution in [1.82, 2.24) is 0 Å². The first-order valence-electron chi connectivity index (χ1n) is 4.61. The fraction of sp³-hybridized carbons (Fsp3) is 0.455. The van der Waals surface area contributed by atoms with Crippen molar-refractivity contribution in [2.24, 2.45) is 0 Å². The van der Waals surface area contributed by atoms with Crippen LogP contribution in [0.5, 0.6) is 0 Å². The van der Waals surface area contributed by atoms with E-state index in [0.29, 0.717) is 0 Å². The monoisotopic (exact) mass is 193 g/mol. The Hall–Kier alpha value is -1.38. The summed E-state index contributed by atoms with van der Waals surface area (Å²) in [6, 6.07) is 7.56. The number of hydrogen-bond donors (Lipinski definition) is 0. The third kappa shape index (κ3) is 2.83. The van der Waals surface area contributed by atoms with E-state index in [9.17, 15) is 10.1 Å². The van der Waals surface area contributed by atoms with Crippen LogP contribution in [0, 0.1) is 10.1 Å². The molecule has 0 aliphatic carbocycles. The summed E-state index contributed by atoms with van der Waals surface area (Å²) in [5, 5.41) is 10.3. The molecule has 3 heteroatoms. The van der Waals surface area contributed by atoms with Gasteiger partial charge < -0.3 is 0 Å². The van der Waals surface area contributed by atoms with E-state index in [4.69, 9.17) is 0 Å². The largest absolute Gasteiger partial charge is 0.264 e. The first kappa shape index (κ1) is 10.7. The number of rotatable bonds is 2. The van der Waals surface area contributed by atoms with Gasteiger partial charge in [-0.25, -0.2) is 0 Å². The molecule has 0 fully saturated rings. The van der Waals surface area contributed by atoms with Gasteiger partial charge in [0.25, 0.3) is 0 Å². The van der Waals surface area contributed by atoms with Crippen molar-refractivity contribution >= 4 is 0 Å². The lowest BCUT2D eigenvalue weighted by molar-refractivity contribution is -0.496. The predicted molar refractivity (Wildman–Crippen MR) is 55.8 cm³/mol. The fourth-order valence-electron chi connectivity index (χ4n) is 1.26. The smallest absolute Gasteiger partial charge is 0.228 e. The molecule has 0 unspecified atom stereocenters. The average Bonchev–Trinajstić information content (AvgIpc) is 2.02. The molecule has 0 spiro atoms. The van der Waals surface area contributed by atoms with Crippen molar-refractivity contribution in [3.8, 4) is 0 Å². The van der Waals surface area contributed by atoms with Crippen LogP contribution in [0.2, 0.25) is 0 Å². The van der Waals surface area contributed by atoms with Crippen LogP contribution >= 0.6 is 0 Å². The highest BCUT2D eigenvalue weighted by Crippen LogP contribution is 2.22. The summed E-state index contributed by atoms with van der Waals surface area (Å²) in [7, 11) is 0. The van der Waals surface area contributed by atoms with Crippen molar-refractivity contribution in [2.75, 3.05) is 0 Å². The van der Waals surface area contributed by atoms with Crippen molar-refractivity contribution in [1.29, 1.82) is 0 Å². The van der Waals surface area contributed by atoms with Gasteiger partial charge >= 0.3 is 0 Å². The van der Waals surface area contributed by atoms with Gasteiger partial charge in [0.1, 0.15) is 0 Å². The van der Waals surface area contributed by atoms with Gasteiger partial charge in [-0.1, -0.05) is 45.0 Å². The van der Waals surface area contributed by atoms with Crippen molar-refractivity contribution in [3.05, 3.63) is 45.5 Å². The second-order valence-electron chi connectivity index (χ2n) is 4.44. The van der Waals surface area contributed by atoms with Gasteiger partial charge in [-0.05, 0) is 11.0 Å². The molecule has 0 saturated heterocycles. The van der Waals surface area contributed by atoms with Gasteiger partial charge in [0.05, 0.1) is 0 Å². The SMILES string of the molecule is CC(C)(C)c1ccc(C[N+](=O)[O-])cc1. The van der Waals surface area contributed by atoms with Crippen LogP contribution in [-0.4, -0.2) is 4.92 Å². The topological polar surface area (TPSA) is 43.1 Å². The number of nitro groups is 1. The Morgan fingerprint density at radius 1 is 1.21 bits per heavy atom. The Labute approximate surface area is 83.9 Å². The summed E-state index contributed by atoms with van der Waals surface area (Å²) in [5.74, 6) is 0. The predicted octanol–water partition coefficient (Wildman–Crippen LogP) is 2.76. The quantitative estimate of drug-likeness (QED) is 0.535. The van der Waals surface area contributed by atoms with E-state index in [1.807, 2.05) is 24.3 Å². The van der Waals surface area contributed by atoms with E-state index in [1.54, 1.807) is 0 Å². The molecular weight excluding hydrogens is 178 g/mol. The van der Waals surface area contributed by atoms with Gasteiger partial charge in [-0.15, -0.1) is 0 Å². The van der Waals surface area contributed by atoms with Crippen LogP contribution < -0.4 is 0 Å². The molecule has 1 aromatic rings. The first-order valence-corrected chi connectivity index (χ1v) is 4.61. The second kappa shape index (κ2) is 3.78. The van der Waals surface area contributed by atoms with Gasteiger partial charge in [0.15, 0.2) is 0 Å². The summed E-state index contributed by atoms with van der Waals surface area (Å²) < 4.78 is 0. The fourth-order valence-corrected chi connectivity index (χ4v) is 1.26. The second-order valence-corrected chi connectivity index (χ2v) is 4.44. The van der Waals surface area contributed by atoms with E-state index in [0.717, 1.165) is 5.56 Å². The number of hydrogen-bond acceptors (Lipinski definition) is 2. The Bertz CT molecular complexity index is 322.